The number of hydrogen-bond donors (Lipinski definition) is 2. The molecule has 1 aliphatic heterocycles. The Labute approximate surface area is 137 Å². The van der Waals surface area contributed by atoms with Crippen molar-refractivity contribution in [1.29, 1.82) is 0 Å². The maximum Gasteiger partial charge on any atom is 0.259 e. The molecule has 3 rings (SSSR count). The van der Waals surface area contributed by atoms with Gasteiger partial charge in [-0.25, -0.2) is 13.2 Å². The van der Waals surface area contributed by atoms with Crippen LogP contribution in [-0.4, -0.2) is 35.9 Å². The number of halogens is 3. The van der Waals surface area contributed by atoms with E-state index in [1.807, 2.05) is 6.20 Å². The number of nitrogens with one attached hydrogen (secondary N) is 2. The van der Waals surface area contributed by atoms with Gasteiger partial charge in [-0.15, -0.1) is 0 Å². The van der Waals surface area contributed by atoms with Crippen LogP contribution in [0.5, 0.6) is 0 Å². The Kier molecular flexibility index (Phi) is 4.62. The van der Waals surface area contributed by atoms with E-state index in [0.29, 0.717) is 23.9 Å². The first kappa shape index (κ1) is 16.6. The fraction of sp³-hybridized carbons (Fsp3) is 0.353. The van der Waals surface area contributed by atoms with Crippen LogP contribution in [0.3, 0.4) is 0 Å². The van der Waals surface area contributed by atoms with Gasteiger partial charge in [0.15, 0.2) is 11.6 Å². The molecule has 1 aromatic carbocycles. The van der Waals surface area contributed by atoms with Crippen molar-refractivity contribution in [3.8, 4) is 0 Å². The first-order chi connectivity index (χ1) is 11.4. The minimum absolute atomic E-state index is 0.364. The summed E-state index contributed by atoms with van der Waals surface area (Å²) >= 11 is 0. The second kappa shape index (κ2) is 6.68. The summed E-state index contributed by atoms with van der Waals surface area (Å²) < 4.78 is 39.8. The lowest BCUT2D eigenvalue weighted by molar-refractivity contribution is 0.102. The number of H-pyrrole nitrogens is 1. The minimum Gasteiger partial charge on any atom is -0.348 e. The Bertz CT molecular complexity index is 752. The van der Waals surface area contributed by atoms with Crippen molar-refractivity contribution in [1.82, 2.24) is 9.88 Å². The lowest BCUT2D eigenvalue weighted by Gasteiger charge is -2.28. The van der Waals surface area contributed by atoms with Crippen LogP contribution < -0.4 is 5.32 Å². The predicted octanol–water partition coefficient (Wildman–Crippen LogP) is 3.49. The van der Waals surface area contributed by atoms with Gasteiger partial charge in [-0.3, -0.25) is 4.79 Å². The van der Waals surface area contributed by atoms with E-state index in [4.69, 9.17) is 0 Å². The van der Waals surface area contributed by atoms with E-state index in [1.165, 1.54) is 0 Å². The zero-order valence-corrected chi connectivity index (χ0v) is 13.2. The largest absolute Gasteiger partial charge is 0.348 e. The minimum atomic E-state index is -1.33. The van der Waals surface area contributed by atoms with Crippen LogP contribution >= 0.6 is 0 Å². The molecule has 1 amide bonds. The number of aromatic amines is 1. The highest BCUT2D eigenvalue weighted by Crippen LogP contribution is 2.29. The molecule has 0 bridgehead atoms. The van der Waals surface area contributed by atoms with Gasteiger partial charge in [0.2, 0.25) is 0 Å². The molecule has 0 saturated carbocycles. The quantitative estimate of drug-likeness (QED) is 0.842. The number of benzene rings is 1. The van der Waals surface area contributed by atoms with E-state index in [0.717, 1.165) is 31.5 Å². The molecule has 24 heavy (non-hydrogen) atoms. The summed E-state index contributed by atoms with van der Waals surface area (Å²) in [5.41, 5.74) is 0.536. The summed E-state index contributed by atoms with van der Waals surface area (Å²) in [6.07, 6.45) is 3.87. The van der Waals surface area contributed by atoms with Gasteiger partial charge >= 0.3 is 0 Å². The molecule has 0 radical (unpaired) electrons. The summed E-state index contributed by atoms with van der Waals surface area (Å²) in [5.74, 6) is -3.72. The second-order valence-corrected chi connectivity index (χ2v) is 6.12. The van der Waals surface area contributed by atoms with E-state index >= 15 is 0 Å². The SMILES string of the molecule is CN1CCC(c2c[nH]c(NC(=O)c3cc(F)c(F)cc3F)c2)CC1. The number of anilines is 1. The van der Waals surface area contributed by atoms with Crippen molar-refractivity contribution in [3.05, 3.63) is 53.0 Å². The van der Waals surface area contributed by atoms with E-state index < -0.39 is 28.9 Å². The first-order valence-corrected chi connectivity index (χ1v) is 7.77. The van der Waals surface area contributed by atoms with Gasteiger partial charge < -0.3 is 15.2 Å². The molecule has 2 heterocycles. The van der Waals surface area contributed by atoms with Crippen LogP contribution in [0.25, 0.3) is 0 Å². The van der Waals surface area contributed by atoms with Gasteiger partial charge in [0.1, 0.15) is 11.6 Å². The van der Waals surface area contributed by atoms with E-state index in [2.05, 4.69) is 22.2 Å². The molecule has 128 valence electrons. The Hall–Kier alpha value is -2.28. The lowest BCUT2D eigenvalue weighted by atomic mass is 9.91. The fourth-order valence-corrected chi connectivity index (χ4v) is 2.95. The summed E-state index contributed by atoms with van der Waals surface area (Å²) in [7, 11) is 2.08. The van der Waals surface area contributed by atoms with Crippen LogP contribution in [0.2, 0.25) is 0 Å². The summed E-state index contributed by atoms with van der Waals surface area (Å²) in [4.78, 5) is 17.2. The van der Waals surface area contributed by atoms with E-state index in [9.17, 15) is 18.0 Å². The zero-order chi connectivity index (χ0) is 17.3. The molecular formula is C17H18F3N3O. The highest BCUT2D eigenvalue weighted by molar-refractivity contribution is 6.04. The molecule has 7 heteroatoms. The van der Waals surface area contributed by atoms with Crippen molar-refractivity contribution < 1.29 is 18.0 Å². The number of carbonyl (C=O) groups is 1. The van der Waals surface area contributed by atoms with Crippen molar-refractivity contribution in [3.63, 3.8) is 0 Å². The molecule has 4 nitrogen and oxygen atoms in total. The van der Waals surface area contributed by atoms with Gasteiger partial charge in [-0.1, -0.05) is 0 Å². The topological polar surface area (TPSA) is 48.1 Å². The maximum absolute atomic E-state index is 13.6. The number of likely N-dealkylation sites (tertiary alicyclic amines) is 1. The number of rotatable bonds is 3. The van der Waals surface area contributed by atoms with Crippen molar-refractivity contribution in [2.24, 2.45) is 0 Å². The van der Waals surface area contributed by atoms with Crippen LogP contribution in [0, 0.1) is 17.5 Å². The van der Waals surface area contributed by atoms with Crippen molar-refractivity contribution in [2.75, 3.05) is 25.5 Å². The third kappa shape index (κ3) is 3.46. The molecule has 1 fully saturated rings. The molecule has 1 aliphatic rings. The Morgan fingerprint density at radius 2 is 1.79 bits per heavy atom. The van der Waals surface area contributed by atoms with Crippen LogP contribution in [0.4, 0.5) is 19.0 Å². The standard InChI is InChI=1S/C17H18F3N3O/c1-23-4-2-10(3-5-23)11-6-16(21-9-11)22-17(24)12-7-14(19)15(20)8-13(12)18/h6-10,21H,2-5H2,1H3,(H,22,24). The Balaban J connectivity index is 1.70. The third-order valence-electron chi connectivity index (χ3n) is 4.40. The molecule has 0 unspecified atom stereocenters. The van der Waals surface area contributed by atoms with Crippen molar-refractivity contribution >= 4 is 11.7 Å². The molecule has 2 aromatic rings. The van der Waals surface area contributed by atoms with Gasteiger partial charge in [0.05, 0.1) is 5.56 Å². The summed E-state index contributed by atoms with van der Waals surface area (Å²) in [6.45, 7) is 2.02. The lowest BCUT2D eigenvalue weighted by Crippen LogP contribution is -2.29. The van der Waals surface area contributed by atoms with Crippen molar-refractivity contribution in [2.45, 2.75) is 18.8 Å². The first-order valence-electron chi connectivity index (χ1n) is 7.77. The highest BCUT2D eigenvalue weighted by atomic mass is 19.2. The van der Waals surface area contributed by atoms with Crippen LogP contribution in [-0.2, 0) is 0 Å². The fourth-order valence-electron chi connectivity index (χ4n) is 2.95. The molecule has 1 saturated heterocycles. The molecule has 0 spiro atoms. The molecule has 1 aromatic heterocycles. The molecule has 0 aliphatic carbocycles. The molecule has 0 atom stereocenters. The second-order valence-electron chi connectivity index (χ2n) is 6.12. The van der Waals surface area contributed by atoms with Gasteiger partial charge in [0, 0.05) is 12.3 Å². The number of aromatic nitrogens is 1. The third-order valence-corrected chi connectivity index (χ3v) is 4.40. The predicted molar refractivity (Wildman–Crippen MR) is 84.5 cm³/mol. The zero-order valence-electron chi connectivity index (χ0n) is 13.2. The Morgan fingerprint density at radius 3 is 2.50 bits per heavy atom. The number of amides is 1. The Morgan fingerprint density at radius 1 is 1.12 bits per heavy atom. The van der Waals surface area contributed by atoms with Crippen LogP contribution in [0.15, 0.2) is 24.4 Å². The van der Waals surface area contributed by atoms with Crippen LogP contribution in [0.1, 0.15) is 34.7 Å². The van der Waals surface area contributed by atoms with Gasteiger partial charge in [-0.2, -0.15) is 0 Å². The average molecular weight is 337 g/mol. The number of nitrogens with zero attached hydrogens (tertiary/aromatic N) is 1. The van der Waals surface area contributed by atoms with Gasteiger partial charge in [0.25, 0.3) is 5.91 Å². The number of piperidine rings is 1. The van der Waals surface area contributed by atoms with Gasteiger partial charge in [-0.05, 0) is 56.6 Å². The summed E-state index contributed by atoms with van der Waals surface area (Å²) in [6, 6.07) is 2.72. The average Bonchev–Trinajstić information content (AvgIpc) is 3.00. The summed E-state index contributed by atoms with van der Waals surface area (Å²) in [5, 5.41) is 2.48. The smallest absolute Gasteiger partial charge is 0.259 e. The monoisotopic (exact) mass is 337 g/mol. The molecular weight excluding hydrogens is 319 g/mol. The maximum atomic E-state index is 13.6. The van der Waals surface area contributed by atoms with E-state index in [-0.39, 0.29) is 0 Å². The molecule has 2 N–H and O–H groups in total. The normalized spacial score (nSPS) is 16.3. The number of hydrogen-bond acceptors (Lipinski definition) is 2. The number of carbonyl (C=O) groups excluding carboxylic acids is 1. The van der Waals surface area contributed by atoms with E-state index in [1.54, 1.807) is 6.07 Å². The highest BCUT2D eigenvalue weighted by Gasteiger charge is 2.21.